The number of aromatic hydroxyl groups is 1. The Kier molecular flexibility index (Phi) is 7.49. The van der Waals surface area contributed by atoms with Gasteiger partial charge in [-0.2, -0.15) is 0 Å². The van der Waals surface area contributed by atoms with Crippen molar-refractivity contribution >= 4 is 5.97 Å². The van der Waals surface area contributed by atoms with Crippen LogP contribution in [0.4, 0.5) is 0 Å². The summed E-state index contributed by atoms with van der Waals surface area (Å²) in [5.41, 5.74) is 2.34. The highest BCUT2D eigenvalue weighted by Crippen LogP contribution is 2.62. The highest BCUT2D eigenvalue weighted by molar-refractivity contribution is 5.73. The summed E-state index contributed by atoms with van der Waals surface area (Å²) in [4.78, 5) is 12.6. The van der Waals surface area contributed by atoms with Crippen LogP contribution in [0.1, 0.15) is 114 Å². The molecular weight excluding hydrogens is 400 g/mol. The maximum atomic E-state index is 12.6. The van der Waals surface area contributed by atoms with E-state index in [4.69, 9.17) is 4.74 Å². The Morgan fingerprint density at radius 3 is 2.59 bits per heavy atom. The maximum absolute atomic E-state index is 12.6. The minimum Gasteiger partial charge on any atom is -0.508 e. The summed E-state index contributed by atoms with van der Waals surface area (Å²) in [6, 6.07) is 3.53. The number of phenolic OH excluding ortho intramolecular Hbond substituents is 1. The number of hydrogen-bond donors (Lipinski definition) is 2. The van der Waals surface area contributed by atoms with Gasteiger partial charge < -0.3 is 14.9 Å². The van der Waals surface area contributed by atoms with Gasteiger partial charge in [0.2, 0.25) is 0 Å². The first-order valence-corrected chi connectivity index (χ1v) is 13.2. The van der Waals surface area contributed by atoms with Crippen molar-refractivity contribution in [3.63, 3.8) is 0 Å². The molecular formula is C28H42O4. The zero-order valence-electron chi connectivity index (χ0n) is 20.1. The number of hydrogen-bond acceptors (Lipinski definition) is 4. The molecule has 32 heavy (non-hydrogen) atoms. The van der Waals surface area contributed by atoms with Crippen molar-refractivity contribution < 1.29 is 19.7 Å². The van der Waals surface area contributed by atoms with Crippen LogP contribution in [0.25, 0.3) is 0 Å². The fourth-order valence-electron chi connectivity index (χ4n) is 7.12. The van der Waals surface area contributed by atoms with Crippen LogP contribution < -0.4 is 4.74 Å². The normalized spacial score (nSPS) is 31.0. The second kappa shape index (κ2) is 10.2. The molecule has 2 fully saturated rings. The molecule has 0 saturated heterocycles. The Balaban J connectivity index is 1.42. The number of unbranched alkanes of at least 4 members (excludes halogenated alkanes) is 6. The van der Waals surface area contributed by atoms with Gasteiger partial charge in [0, 0.05) is 18.1 Å². The SMILES string of the molecule is CCCCCCCCCC(=O)Oc1cc(O)cc2c1[C@H]1CC[C@]3(C)[C@H](O)CC[C@H]3[C@@H]1CC2. The first-order chi connectivity index (χ1) is 15.4. The molecule has 1 aromatic rings. The van der Waals surface area contributed by atoms with Gasteiger partial charge in [-0.3, -0.25) is 4.79 Å². The van der Waals surface area contributed by atoms with Gasteiger partial charge >= 0.3 is 5.97 Å². The average molecular weight is 443 g/mol. The minimum atomic E-state index is -0.186. The number of carbonyl (C=O) groups excluding carboxylic acids is 1. The molecule has 0 heterocycles. The van der Waals surface area contributed by atoms with Crippen LogP contribution in [0, 0.1) is 17.3 Å². The highest BCUT2D eigenvalue weighted by atomic mass is 16.5. The lowest BCUT2D eigenvalue weighted by Crippen LogP contribution is -2.44. The van der Waals surface area contributed by atoms with Crippen molar-refractivity contribution in [3.8, 4) is 11.5 Å². The van der Waals surface area contributed by atoms with Crippen molar-refractivity contribution in [1.29, 1.82) is 0 Å². The third-order valence-electron chi connectivity index (χ3n) is 8.93. The van der Waals surface area contributed by atoms with E-state index in [2.05, 4.69) is 13.8 Å². The van der Waals surface area contributed by atoms with Crippen molar-refractivity contribution in [2.45, 2.75) is 116 Å². The molecule has 178 valence electrons. The van der Waals surface area contributed by atoms with E-state index in [9.17, 15) is 15.0 Å². The number of carbonyl (C=O) groups is 1. The molecule has 3 aliphatic rings. The summed E-state index contributed by atoms with van der Waals surface area (Å²) < 4.78 is 5.90. The van der Waals surface area contributed by atoms with Crippen LogP contribution in [0.3, 0.4) is 0 Å². The lowest BCUT2D eigenvalue weighted by Gasteiger charge is -2.50. The number of fused-ring (bicyclic) bond motifs is 5. The number of benzene rings is 1. The Hall–Kier alpha value is -1.55. The van der Waals surface area contributed by atoms with E-state index in [1.54, 1.807) is 6.07 Å². The summed E-state index contributed by atoms with van der Waals surface area (Å²) in [6.07, 6.45) is 14.5. The maximum Gasteiger partial charge on any atom is 0.311 e. The number of phenols is 1. The second-order valence-corrected chi connectivity index (χ2v) is 10.9. The number of ether oxygens (including phenoxy) is 1. The summed E-state index contributed by atoms with van der Waals surface area (Å²) in [5.74, 6) is 2.04. The topological polar surface area (TPSA) is 66.8 Å². The molecule has 0 bridgehead atoms. The van der Waals surface area contributed by atoms with Crippen LogP contribution in [0.5, 0.6) is 11.5 Å². The zero-order valence-corrected chi connectivity index (χ0v) is 20.1. The molecule has 5 atom stereocenters. The zero-order chi connectivity index (χ0) is 22.7. The molecule has 0 unspecified atom stereocenters. The monoisotopic (exact) mass is 442 g/mol. The second-order valence-electron chi connectivity index (χ2n) is 10.9. The first-order valence-electron chi connectivity index (χ1n) is 13.2. The Morgan fingerprint density at radius 2 is 1.81 bits per heavy atom. The molecule has 3 aliphatic carbocycles. The smallest absolute Gasteiger partial charge is 0.311 e. The largest absolute Gasteiger partial charge is 0.508 e. The number of aryl methyl sites for hydroxylation is 1. The van der Waals surface area contributed by atoms with Gasteiger partial charge in [0.1, 0.15) is 11.5 Å². The number of aliphatic hydroxyl groups is 1. The van der Waals surface area contributed by atoms with E-state index >= 15 is 0 Å². The van der Waals surface area contributed by atoms with E-state index in [0.717, 1.165) is 62.5 Å². The van der Waals surface area contributed by atoms with Gasteiger partial charge in [-0.05, 0) is 79.7 Å². The van der Waals surface area contributed by atoms with Crippen LogP contribution in [0.15, 0.2) is 12.1 Å². The van der Waals surface area contributed by atoms with Crippen LogP contribution >= 0.6 is 0 Å². The summed E-state index contributed by atoms with van der Waals surface area (Å²) in [6.45, 7) is 4.50. The van der Waals surface area contributed by atoms with E-state index in [-0.39, 0.29) is 23.2 Å². The van der Waals surface area contributed by atoms with Gasteiger partial charge in [-0.1, -0.05) is 52.4 Å². The highest BCUT2D eigenvalue weighted by Gasteiger charge is 2.54. The molecule has 2 N–H and O–H groups in total. The Morgan fingerprint density at radius 1 is 1.06 bits per heavy atom. The van der Waals surface area contributed by atoms with E-state index in [1.807, 2.05) is 6.07 Å². The lowest BCUT2D eigenvalue weighted by molar-refractivity contribution is -0.134. The number of rotatable bonds is 9. The molecule has 4 heteroatoms. The number of esters is 1. The van der Waals surface area contributed by atoms with Crippen LogP contribution in [0.2, 0.25) is 0 Å². The van der Waals surface area contributed by atoms with Gasteiger partial charge in [0.25, 0.3) is 0 Å². The molecule has 0 amide bonds. The summed E-state index contributed by atoms with van der Waals surface area (Å²) in [7, 11) is 0. The molecule has 0 aromatic heterocycles. The Labute approximate surface area is 193 Å². The Bertz CT molecular complexity index is 803. The first kappa shape index (κ1) is 23.6. The lowest BCUT2D eigenvalue weighted by atomic mass is 9.55. The minimum absolute atomic E-state index is 0.0313. The van der Waals surface area contributed by atoms with Crippen molar-refractivity contribution in [2.24, 2.45) is 17.3 Å². The molecule has 0 aliphatic heterocycles. The number of aliphatic hydroxyl groups excluding tert-OH is 1. The van der Waals surface area contributed by atoms with Gasteiger partial charge in [0.05, 0.1) is 6.10 Å². The van der Waals surface area contributed by atoms with Crippen molar-refractivity contribution in [2.75, 3.05) is 0 Å². The summed E-state index contributed by atoms with van der Waals surface area (Å²) >= 11 is 0. The molecule has 2 saturated carbocycles. The molecule has 1 aromatic carbocycles. The standard InChI is InChI=1S/C28H42O4/c1-3-4-5-6-7-8-9-10-26(31)32-24-18-20(29)17-19-11-12-21-22(27(19)24)15-16-28(2)23(21)13-14-25(28)30/h17-18,21-23,25,29-30H,3-16H2,1-2H3/t21-,22+,23+,25-,28+/m1/s1. The van der Waals surface area contributed by atoms with Gasteiger partial charge in [-0.25, -0.2) is 0 Å². The molecule has 0 spiro atoms. The van der Waals surface area contributed by atoms with E-state index in [1.165, 1.54) is 32.1 Å². The molecule has 0 radical (unpaired) electrons. The third-order valence-corrected chi connectivity index (χ3v) is 8.93. The molecule has 4 nitrogen and oxygen atoms in total. The van der Waals surface area contributed by atoms with E-state index < -0.39 is 0 Å². The predicted octanol–water partition coefficient (Wildman–Crippen LogP) is 6.66. The van der Waals surface area contributed by atoms with Gasteiger partial charge in [0.15, 0.2) is 0 Å². The van der Waals surface area contributed by atoms with Crippen LogP contribution in [-0.2, 0) is 11.2 Å². The fourth-order valence-corrected chi connectivity index (χ4v) is 7.12. The van der Waals surface area contributed by atoms with E-state index in [0.29, 0.717) is 29.9 Å². The summed E-state index contributed by atoms with van der Waals surface area (Å²) in [5, 5.41) is 20.9. The van der Waals surface area contributed by atoms with Gasteiger partial charge in [-0.15, -0.1) is 0 Å². The van der Waals surface area contributed by atoms with Crippen molar-refractivity contribution in [3.05, 3.63) is 23.3 Å². The molecule has 4 rings (SSSR count). The van der Waals surface area contributed by atoms with Crippen LogP contribution in [-0.4, -0.2) is 22.3 Å². The quantitative estimate of drug-likeness (QED) is 0.255. The third kappa shape index (κ3) is 4.71. The fraction of sp³-hybridized carbons (Fsp3) is 0.750. The van der Waals surface area contributed by atoms with Crippen molar-refractivity contribution in [1.82, 2.24) is 0 Å². The average Bonchev–Trinajstić information content (AvgIpc) is 3.07. The predicted molar refractivity (Wildman–Crippen MR) is 127 cm³/mol.